The van der Waals surface area contributed by atoms with Crippen LogP contribution in [0.25, 0.3) is 0 Å². The first-order valence-electron chi connectivity index (χ1n) is 5.26. The summed E-state index contributed by atoms with van der Waals surface area (Å²) in [6, 6.07) is -0.423. The second kappa shape index (κ2) is 7.19. The van der Waals surface area contributed by atoms with Crippen LogP contribution in [0.4, 0.5) is 0 Å². The quantitative estimate of drug-likeness (QED) is 0.539. The molecule has 94 valence electrons. The minimum Gasteiger partial charge on any atom is -0.481 e. The van der Waals surface area contributed by atoms with E-state index in [1.165, 1.54) is 0 Å². The molecule has 0 aromatic carbocycles. The number of carboxylic acid groups (broad SMARTS) is 1. The number of aliphatic carboxylic acids is 1. The monoisotopic (exact) mass is 232 g/mol. The van der Waals surface area contributed by atoms with Gasteiger partial charge < -0.3 is 20.4 Å². The number of carboxylic acids is 1. The largest absolute Gasteiger partial charge is 0.481 e. The van der Waals surface area contributed by atoms with Gasteiger partial charge in [0.05, 0.1) is 18.6 Å². The van der Waals surface area contributed by atoms with Crippen LogP contribution in [0.2, 0.25) is 0 Å². The summed E-state index contributed by atoms with van der Waals surface area (Å²) in [5, 5.41) is 20.5. The van der Waals surface area contributed by atoms with Crippen molar-refractivity contribution in [1.82, 2.24) is 10.2 Å². The number of aliphatic hydroxyl groups excluding tert-OH is 1. The number of amides is 1. The lowest BCUT2D eigenvalue weighted by molar-refractivity contribution is -0.139. The van der Waals surface area contributed by atoms with Gasteiger partial charge in [-0.25, -0.2) is 0 Å². The standard InChI is InChI=1S/C10H20N2O4/c1-4-12(3)10(16)7(2)11-6-8(13)5-9(14)15/h7-8,11,13H,4-6H2,1-3H3,(H,14,15). The Hall–Kier alpha value is -1.14. The lowest BCUT2D eigenvalue weighted by Crippen LogP contribution is -2.45. The Bertz CT molecular complexity index is 245. The molecule has 2 unspecified atom stereocenters. The summed E-state index contributed by atoms with van der Waals surface area (Å²) in [4.78, 5) is 23.4. The van der Waals surface area contributed by atoms with Gasteiger partial charge in [-0.2, -0.15) is 0 Å². The zero-order valence-electron chi connectivity index (χ0n) is 9.93. The number of nitrogens with zero attached hydrogens (tertiary/aromatic N) is 1. The molecule has 3 N–H and O–H groups in total. The topological polar surface area (TPSA) is 89.9 Å². The third kappa shape index (κ3) is 5.67. The molecule has 0 rings (SSSR count). The summed E-state index contributed by atoms with van der Waals surface area (Å²) in [6.07, 6.45) is -1.29. The first-order chi connectivity index (χ1) is 7.38. The molecule has 0 aliphatic carbocycles. The summed E-state index contributed by atoms with van der Waals surface area (Å²) in [7, 11) is 1.69. The van der Waals surface area contributed by atoms with E-state index in [0.717, 1.165) is 0 Å². The van der Waals surface area contributed by atoms with E-state index >= 15 is 0 Å². The summed E-state index contributed by atoms with van der Waals surface area (Å²) in [5.74, 6) is -1.14. The maximum Gasteiger partial charge on any atom is 0.306 e. The number of likely N-dealkylation sites (N-methyl/N-ethyl adjacent to an activating group) is 1. The predicted molar refractivity (Wildman–Crippen MR) is 59.0 cm³/mol. The normalized spacial score (nSPS) is 14.2. The van der Waals surface area contributed by atoms with Crippen LogP contribution in [0.15, 0.2) is 0 Å². The van der Waals surface area contributed by atoms with Gasteiger partial charge >= 0.3 is 5.97 Å². The van der Waals surface area contributed by atoms with E-state index in [1.54, 1.807) is 18.9 Å². The summed E-state index contributed by atoms with van der Waals surface area (Å²) in [5.41, 5.74) is 0. The first kappa shape index (κ1) is 14.9. The Balaban J connectivity index is 3.92. The van der Waals surface area contributed by atoms with Gasteiger partial charge in [-0.1, -0.05) is 0 Å². The first-order valence-corrected chi connectivity index (χ1v) is 5.26. The SMILES string of the molecule is CCN(C)C(=O)C(C)NCC(O)CC(=O)O. The minimum atomic E-state index is -1.06. The van der Waals surface area contributed by atoms with Crippen LogP contribution in [0.5, 0.6) is 0 Å². The lowest BCUT2D eigenvalue weighted by atomic mass is 10.2. The van der Waals surface area contributed by atoms with Gasteiger partial charge in [-0.3, -0.25) is 9.59 Å². The highest BCUT2D eigenvalue weighted by Gasteiger charge is 2.17. The average Bonchev–Trinajstić information content (AvgIpc) is 2.22. The van der Waals surface area contributed by atoms with Crippen LogP contribution in [0.3, 0.4) is 0 Å². The second-order valence-electron chi connectivity index (χ2n) is 3.73. The average molecular weight is 232 g/mol. The number of rotatable bonds is 7. The van der Waals surface area contributed by atoms with Gasteiger partial charge in [0.15, 0.2) is 0 Å². The van der Waals surface area contributed by atoms with Gasteiger partial charge in [-0.05, 0) is 13.8 Å². The number of carbonyl (C=O) groups excluding carboxylic acids is 1. The third-order valence-electron chi connectivity index (χ3n) is 2.29. The molecule has 0 aliphatic heterocycles. The summed E-state index contributed by atoms with van der Waals surface area (Å²) in [6.45, 7) is 4.26. The van der Waals surface area contributed by atoms with E-state index in [4.69, 9.17) is 5.11 Å². The maximum absolute atomic E-state index is 11.6. The number of hydrogen-bond acceptors (Lipinski definition) is 4. The Morgan fingerprint density at radius 1 is 1.44 bits per heavy atom. The van der Waals surface area contributed by atoms with Crippen molar-refractivity contribution in [1.29, 1.82) is 0 Å². The van der Waals surface area contributed by atoms with E-state index in [9.17, 15) is 14.7 Å². The summed E-state index contributed by atoms with van der Waals surface area (Å²) < 4.78 is 0. The molecule has 6 nitrogen and oxygen atoms in total. The van der Waals surface area contributed by atoms with Crippen molar-refractivity contribution in [3.63, 3.8) is 0 Å². The molecular weight excluding hydrogens is 212 g/mol. The third-order valence-corrected chi connectivity index (χ3v) is 2.29. The molecular formula is C10H20N2O4. The van der Waals surface area contributed by atoms with Crippen molar-refractivity contribution in [2.45, 2.75) is 32.4 Å². The van der Waals surface area contributed by atoms with E-state index in [-0.39, 0.29) is 18.9 Å². The Kier molecular flexibility index (Phi) is 6.67. The smallest absolute Gasteiger partial charge is 0.306 e. The highest BCUT2D eigenvalue weighted by atomic mass is 16.4. The molecule has 0 saturated carbocycles. The van der Waals surface area contributed by atoms with Crippen molar-refractivity contribution < 1.29 is 19.8 Å². The van der Waals surface area contributed by atoms with Crippen molar-refractivity contribution in [2.75, 3.05) is 20.1 Å². The van der Waals surface area contributed by atoms with Gasteiger partial charge in [0.1, 0.15) is 0 Å². The number of carbonyl (C=O) groups is 2. The van der Waals surface area contributed by atoms with Crippen LogP contribution in [0.1, 0.15) is 20.3 Å². The maximum atomic E-state index is 11.6. The van der Waals surface area contributed by atoms with E-state index in [1.807, 2.05) is 6.92 Å². The van der Waals surface area contributed by atoms with E-state index < -0.39 is 18.1 Å². The lowest BCUT2D eigenvalue weighted by Gasteiger charge is -2.21. The highest BCUT2D eigenvalue weighted by Crippen LogP contribution is 1.94. The second-order valence-corrected chi connectivity index (χ2v) is 3.73. The summed E-state index contributed by atoms with van der Waals surface area (Å²) >= 11 is 0. The zero-order chi connectivity index (χ0) is 12.7. The van der Waals surface area contributed by atoms with Gasteiger partial charge in [0.25, 0.3) is 0 Å². The fraction of sp³-hybridized carbons (Fsp3) is 0.800. The van der Waals surface area contributed by atoms with E-state index in [2.05, 4.69) is 5.32 Å². The van der Waals surface area contributed by atoms with Crippen molar-refractivity contribution in [3.05, 3.63) is 0 Å². The van der Waals surface area contributed by atoms with Gasteiger partial charge in [0.2, 0.25) is 5.91 Å². The van der Waals surface area contributed by atoms with Crippen LogP contribution < -0.4 is 5.32 Å². The molecule has 0 radical (unpaired) electrons. The van der Waals surface area contributed by atoms with Gasteiger partial charge in [0, 0.05) is 20.1 Å². The van der Waals surface area contributed by atoms with Crippen LogP contribution >= 0.6 is 0 Å². The van der Waals surface area contributed by atoms with Crippen molar-refractivity contribution in [3.8, 4) is 0 Å². The number of aliphatic hydroxyl groups is 1. The molecule has 0 bridgehead atoms. The fourth-order valence-electron chi connectivity index (χ4n) is 1.16. The molecule has 0 spiro atoms. The Morgan fingerprint density at radius 2 is 2.00 bits per heavy atom. The predicted octanol–water partition coefficient (Wildman–Crippen LogP) is -0.722. The molecule has 0 heterocycles. The fourth-order valence-corrected chi connectivity index (χ4v) is 1.16. The molecule has 1 amide bonds. The van der Waals surface area contributed by atoms with Crippen LogP contribution in [-0.2, 0) is 9.59 Å². The number of nitrogens with one attached hydrogen (secondary N) is 1. The number of hydrogen-bond donors (Lipinski definition) is 3. The Labute approximate surface area is 95.2 Å². The molecule has 0 aromatic heterocycles. The Morgan fingerprint density at radius 3 is 2.44 bits per heavy atom. The zero-order valence-corrected chi connectivity index (χ0v) is 9.93. The van der Waals surface area contributed by atoms with Gasteiger partial charge in [-0.15, -0.1) is 0 Å². The van der Waals surface area contributed by atoms with Crippen LogP contribution in [-0.4, -0.2) is 59.3 Å². The molecule has 0 aromatic rings. The molecule has 0 aliphatic rings. The molecule has 6 heteroatoms. The van der Waals surface area contributed by atoms with Crippen LogP contribution in [0, 0.1) is 0 Å². The molecule has 2 atom stereocenters. The van der Waals surface area contributed by atoms with E-state index in [0.29, 0.717) is 6.54 Å². The van der Waals surface area contributed by atoms with Crippen molar-refractivity contribution >= 4 is 11.9 Å². The molecule has 0 fully saturated rings. The molecule has 16 heavy (non-hydrogen) atoms. The minimum absolute atomic E-state index is 0.0787. The molecule has 0 saturated heterocycles. The highest BCUT2D eigenvalue weighted by molar-refractivity contribution is 5.81. The van der Waals surface area contributed by atoms with Crippen molar-refractivity contribution in [2.24, 2.45) is 0 Å².